The first-order chi connectivity index (χ1) is 12.7. The van der Waals surface area contributed by atoms with Crippen molar-refractivity contribution in [1.29, 1.82) is 0 Å². The SMILES string of the molecule is CCOC(=O)N1CCN(C(=NC)NCC2CCN(CCOC)CC2)CC1.I. The van der Waals surface area contributed by atoms with Gasteiger partial charge in [-0.1, -0.05) is 0 Å². The third kappa shape index (κ3) is 7.98. The lowest BCUT2D eigenvalue weighted by atomic mass is 9.97. The van der Waals surface area contributed by atoms with Crippen molar-refractivity contribution in [3.63, 3.8) is 0 Å². The molecule has 2 aliphatic rings. The Labute approximate surface area is 180 Å². The van der Waals surface area contributed by atoms with E-state index in [1.54, 1.807) is 12.0 Å². The molecule has 2 fully saturated rings. The van der Waals surface area contributed by atoms with Gasteiger partial charge in [-0.25, -0.2) is 4.79 Å². The molecular formula is C18H36IN5O3. The predicted molar refractivity (Wildman–Crippen MR) is 118 cm³/mol. The van der Waals surface area contributed by atoms with Crippen LogP contribution in [-0.4, -0.2) is 106 Å². The number of hydrogen-bond acceptors (Lipinski definition) is 5. The van der Waals surface area contributed by atoms with Gasteiger partial charge in [-0.2, -0.15) is 0 Å². The van der Waals surface area contributed by atoms with Gasteiger partial charge in [-0.15, -0.1) is 24.0 Å². The molecule has 0 saturated carbocycles. The van der Waals surface area contributed by atoms with Gasteiger partial charge in [0, 0.05) is 53.4 Å². The molecule has 9 heteroatoms. The maximum atomic E-state index is 11.8. The minimum absolute atomic E-state index is 0. The van der Waals surface area contributed by atoms with Crippen LogP contribution in [0.2, 0.25) is 0 Å². The maximum absolute atomic E-state index is 11.8. The highest BCUT2D eigenvalue weighted by Gasteiger charge is 2.24. The van der Waals surface area contributed by atoms with Crippen LogP contribution in [0.15, 0.2) is 4.99 Å². The van der Waals surface area contributed by atoms with Crippen LogP contribution >= 0.6 is 24.0 Å². The molecule has 0 unspecified atom stereocenters. The minimum atomic E-state index is -0.213. The number of halogens is 1. The van der Waals surface area contributed by atoms with E-state index in [2.05, 4.69) is 20.1 Å². The number of rotatable bonds is 6. The second-order valence-electron chi connectivity index (χ2n) is 6.88. The molecule has 2 saturated heterocycles. The second kappa shape index (κ2) is 13.4. The standard InChI is InChI=1S/C18H35N5O3.HI/c1-4-26-18(24)23-11-9-22(10-12-23)17(19-2)20-15-16-5-7-21(8-6-16)13-14-25-3;/h16H,4-15H2,1-3H3,(H,19,20);1H. The molecule has 27 heavy (non-hydrogen) atoms. The molecule has 1 N–H and O–H groups in total. The fraction of sp³-hybridized carbons (Fsp3) is 0.889. The monoisotopic (exact) mass is 497 g/mol. The number of methoxy groups -OCH3 is 1. The summed E-state index contributed by atoms with van der Waals surface area (Å²) in [4.78, 5) is 22.7. The zero-order valence-electron chi connectivity index (χ0n) is 17.0. The van der Waals surface area contributed by atoms with Crippen LogP contribution in [0.25, 0.3) is 0 Å². The highest BCUT2D eigenvalue weighted by molar-refractivity contribution is 14.0. The average molecular weight is 497 g/mol. The highest BCUT2D eigenvalue weighted by Crippen LogP contribution is 2.16. The smallest absolute Gasteiger partial charge is 0.409 e. The first kappa shape index (κ1) is 24.2. The van der Waals surface area contributed by atoms with Gasteiger partial charge < -0.3 is 29.5 Å². The molecule has 0 radical (unpaired) electrons. The number of aliphatic imine (C=N–C) groups is 1. The van der Waals surface area contributed by atoms with Gasteiger partial charge in [0.1, 0.15) is 0 Å². The van der Waals surface area contributed by atoms with Crippen LogP contribution in [0.4, 0.5) is 4.79 Å². The highest BCUT2D eigenvalue weighted by atomic mass is 127. The summed E-state index contributed by atoms with van der Waals surface area (Å²) in [6.07, 6.45) is 2.21. The number of carbonyl (C=O) groups is 1. The Balaban J connectivity index is 0.00000364. The number of piperazine rings is 1. The molecule has 0 aromatic carbocycles. The lowest BCUT2D eigenvalue weighted by Gasteiger charge is -2.37. The van der Waals surface area contributed by atoms with Crippen molar-refractivity contribution in [2.45, 2.75) is 19.8 Å². The van der Waals surface area contributed by atoms with Crippen LogP contribution in [0.3, 0.4) is 0 Å². The molecule has 0 aliphatic carbocycles. The fourth-order valence-electron chi connectivity index (χ4n) is 3.52. The summed E-state index contributed by atoms with van der Waals surface area (Å²) in [5.74, 6) is 1.63. The number of likely N-dealkylation sites (tertiary alicyclic amines) is 1. The minimum Gasteiger partial charge on any atom is -0.450 e. The number of ether oxygens (including phenoxy) is 2. The van der Waals surface area contributed by atoms with E-state index in [1.165, 1.54) is 12.8 Å². The van der Waals surface area contributed by atoms with Gasteiger partial charge >= 0.3 is 6.09 Å². The number of guanidine groups is 1. The van der Waals surface area contributed by atoms with Gasteiger partial charge in [0.15, 0.2) is 5.96 Å². The molecule has 0 aromatic heterocycles. The third-order valence-electron chi connectivity index (χ3n) is 5.18. The van der Waals surface area contributed by atoms with E-state index in [-0.39, 0.29) is 30.1 Å². The van der Waals surface area contributed by atoms with Crippen LogP contribution < -0.4 is 5.32 Å². The normalized spacial score (nSPS) is 19.6. The van der Waals surface area contributed by atoms with Gasteiger partial charge in [0.2, 0.25) is 0 Å². The van der Waals surface area contributed by atoms with Gasteiger partial charge in [0.05, 0.1) is 13.2 Å². The van der Waals surface area contributed by atoms with Crippen molar-refractivity contribution >= 4 is 36.0 Å². The van der Waals surface area contributed by atoms with E-state index >= 15 is 0 Å². The van der Waals surface area contributed by atoms with E-state index in [4.69, 9.17) is 9.47 Å². The summed E-state index contributed by atoms with van der Waals surface area (Å²) in [6, 6.07) is 0. The Hall–Kier alpha value is -0.810. The van der Waals surface area contributed by atoms with Crippen LogP contribution in [0.1, 0.15) is 19.8 Å². The molecule has 2 aliphatic heterocycles. The summed E-state index contributed by atoms with van der Waals surface area (Å²) in [6.45, 7) is 10.3. The quantitative estimate of drug-likeness (QED) is 0.339. The molecular weight excluding hydrogens is 461 g/mol. The molecule has 2 heterocycles. The van der Waals surface area contributed by atoms with E-state index in [9.17, 15) is 4.79 Å². The number of nitrogens with one attached hydrogen (secondary N) is 1. The lowest BCUT2D eigenvalue weighted by Crippen LogP contribution is -2.54. The summed E-state index contributed by atoms with van der Waals surface area (Å²) in [5, 5.41) is 3.53. The number of amides is 1. The van der Waals surface area contributed by atoms with Gasteiger partial charge in [0.25, 0.3) is 0 Å². The largest absolute Gasteiger partial charge is 0.450 e. The average Bonchev–Trinajstić information content (AvgIpc) is 2.68. The predicted octanol–water partition coefficient (Wildman–Crippen LogP) is 1.31. The second-order valence-corrected chi connectivity index (χ2v) is 6.88. The van der Waals surface area contributed by atoms with E-state index < -0.39 is 0 Å². The van der Waals surface area contributed by atoms with Crippen molar-refractivity contribution in [1.82, 2.24) is 20.0 Å². The van der Waals surface area contributed by atoms with E-state index in [0.29, 0.717) is 25.6 Å². The van der Waals surface area contributed by atoms with Crippen molar-refractivity contribution < 1.29 is 14.3 Å². The van der Waals surface area contributed by atoms with Gasteiger partial charge in [-0.05, 0) is 38.8 Å². The number of nitrogens with zero attached hydrogens (tertiary/aromatic N) is 4. The Morgan fingerprint density at radius 3 is 2.30 bits per heavy atom. The Morgan fingerprint density at radius 1 is 1.11 bits per heavy atom. The summed E-state index contributed by atoms with van der Waals surface area (Å²) in [7, 11) is 3.59. The molecule has 1 amide bonds. The zero-order chi connectivity index (χ0) is 18.8. The molecule has 0 aromatic rings. The third-order valence-corrected chi connectivity index (χ3v) is 5.18. The lowest BCUT2D eigenvalue weighted by molar-refractivity contribution is 0.0912. The molecule has 0 bridgehead atoms. The van der Waals surface area contributed by atoms with Gasteiger partial charge in [-0.3, -0.25) is 4.99 Å². The Morgan fingerprint density at radius 2 is 1.74 bits per heavy atom. The first-order valence-corrected chi connectivity index (χ1v) is 9.76. The molecule has 0 atom stereocenters. The first-order valence-electron chi connectivity index (χ1n) is 9.76. The number of hydrogen-bond donors (Lipinski definition) is 1. The van der Waals surface area contributed by atoms with Crippen molar-refractivity contribution in [2.24, 2.45) is 10.9 Å². The van der Waals surface area contributed by atoms with E-state index in [1.807, 2.05) is 14.0 Å². The Bertz CT molecular complexity index is 450. The molecule has 2 rings (SSSR count). The fourth-order valence-corrected chi connectivity index (χ4v) is 3.52. The van der Waals surface area contributed by atoms with Crippen LogP contribution in [-0.2, 0) is 9.47 Å². The van der Waals surface area contributed by atoms with Crippen LogP contribution in [0, 0.1) is 5.92 Å². The molecule has 0 spiro atoms. The van der Waals surface area contributed by atoms with Crippen molar-refractivity contribution in [2.75, 3.05) is 79.7 Å². The van der Waals surface area contributed by atoms with Crippen LogP contribution in [0.5, 0.6) is 0 Å². The molecule has 8 nitrogen and oxygen atoms in total. The Kier molecular flexibility index (Phi) is 12.0. The number of piperidine rings is 1. The maximum Gasteiger partial charge on any atom is 0.409 e. The molecule has 158 valence electrons. The summed E-state index contributed by atoms with van der Waals surface area (Å²) >= 11 is 0. The van der Waals surface area contributed by atoms with Crippen molar-refractivity contribution in [3.05, 3.63) is 0 Å². The van der Waals surface area contributed by atoms with E-state index in [0.717, 1.165) is 51.8 Å². The summed E-state index contributed by atoms with van der Waals surface area (Å²) in [5.41, 5.74) is 0. The number of carbonyl (C=O) groups excluding carboxylic acids is 1. The topological polar surface area (TPSA) is 69.6 Å². The zero-order valence-corrected chi connectivity index (χ0v) is 19.3. The van der Waals surface area contributed by atoms with Crippen molar-refractivity contribution in [3.8, 4) is 0 Å². The summed E-state index contributed by atoms with van der Waals surface area (Å²) < 4.78 is 10.2.